The number of carbonyl (C=O) groups excluding carboxylic acids is 1. The molecule has 20 heavy (non-hydrogen) atoms. The van der Waals surface area contributed by atoms with E-state index in [4.69, 9.17) is 9.78 Å². The van der Waals surface area contributed by atoms with Gasteiger partial charge in [0.1, 0.15) is 0 Å². The summed E-state index contributed by atoms with van der Waals surface area (Å²) in [5.74, 6) is -0.430. The Hall–Kier alpha value is -1.35. The summed E-state index contributed by atoms with van der Waals surface area (Å²) in [6.45, 7) is 6.26. The second kappa shape index (κ2) is 10.4. The first-order chi connectivity index (χ1) is 9.74. The smallest absolute Gasteiger partial charge is 0.293 e. The van der Waals surface area contributed by atoms with Gasteiger partial charge in [-0.2, -0.15) is 4.89 Å². The van der Waals surface area contributed by atoms with E-state index >= 15 is 0 Å². The van der Waals surface area contributed by atoms with Gasteiger partial charge in [-0.05, 0) is 25.5 Å². The number of hydrogen-bond donors (Lipinski definition) is 0. The van der Waals surface area contributed by atoms with Crippen LogP contribution in [0.4, 0.5) is 0 Å². The largest absolute Gasteiger partial charge is 0.373 e. The Labute approximate surface area is 122 Å². The summed E-state index contributed by atoms with van der Waals surface area (Å²) in [5.41, 5.74) is 1.63. The van der Waals surface area contributed by atoms with Crippen LogP contribution in [0.3, 0.4) is 0 Å². The fourth-order valence-corrected chi connectivity index (χ4v) is 1.88. The standard InChI is InChI=1S/C17H25O3/c1-3-4-5-6-7-8-9-14-19-20-17(18)16-12-10-15(2)11-13-16/h10-13H,1,3-9,14H2,2H3. The lowest BCUT2D eigenvalue weighted by Gasteiger charge is -2.04. The SMILES string of the molecule is [CH2]CCCCCCCCOOC(=O)c1ccc(C)cc1. The summed E-state index contributed by atoms with van der Waals surface area (Å²) in [7, 11) is 0. The third-order valence-electron chi connectivity index (χ3n) is 3.15. The zero-order chi connectivity index (χ0) is 14.6. The van der Waals surface area contributed by atoms with Crippen molar-refractivity contribution in [3.05, 3.63) is 42.3 Å². The highest BCUT2D eigenvalue weighted by Gasteiger charge is 2.07. The van der Waals surface area contributed by atoms with E-state index in [2.05, 4.69) is 6.92 Å². The van der Waals surface area contributed by atoms with Crippen molar-refractivity contribution < 1.29 is 14.6 Å². The number of hydrogen-bond acceptors (Lipinski definition) is 3. The first kappa shape index (κ1) is 16.7. The third kappa shape index (κ3) is 7.29. The van der Waals surface area contributed by atoms with Gasteiger partial charge >= 0.3 is 5.97 Å². The Morgan fingerprint density at radius 3 is 2.25 bits per heavy atom. The van der Waals surface area contributed by atoms with E-state index in [0.29, 0.717) is 12.2 Å². The Bertz CT molecular complexity index is 370. The summed E-state index contributed by atoms with van der Waals surface area (Å²) in [4.78, 5) is 21.3. The van der Waals surface area contributed by atoms with E-state index in [0.717, 1.165) is 24.8 Å². The van der Waals surface area contributed by atoms with Crippen molar-refractivity contribution in [2.75, 3.05) is 6.61 Å². The van der Waals surface area contributed by atoms with E-state index in [1.807, 2.05) is 19.1 Å². The molecule has 0 amide bonds. The van der Waals surface area contributed by atoms with Crippen LogP contribution in [0.25, 0.3) is 0 Å². The fourth-order valence-electron chi connectivity index (χ4n) is 1.88. The van der Waals surface area contributed by atoms with Gasteiger partial charge in [0.15, 0.2) is 0 Å². The van der Waals surface area contributed by atoms with Gasteiger partial charge in [0.25, 0.3) is 0 Å². The molecule has 0 N–H and O–H groups in total. The minimum atomic E-state index is -0.430. The molecule has 0 saturated heterocycles. The highest BCUT2D eigenvalue weighted by molar-refractivity contribution is 5.88. The van der Waals surface area contributed by atoms with Crippen molar-refractivity contribution in [1.29, 1.82) is 0 Å². The van der Waals surface area contributed by atoms with Crippen LogP contribution in [0.2, 0.25) is 0 Å². The van der Waals surface area contributed by atoms with Crippen LogP contribution in [0, 0.1) is 13.8 Å². The lowest BCUT2D eigenvalue weighted by molar-refractivity contribution is -0.241. The molecule has 0 unspecified atom stereocenters. The molecule has 1 aromatic carbocycles. The first-order valence-electron chi connectivity index (χ1n) is 7.43. The molecule has 1 rings (SSSR count). The minimum absolute atomic E-state index is 0.430. The van der Waals surface area contributed by atoms with Crippen LogP contribution in [-0.4, -0.2) is 12.6 Å². The van der Waals surface area contributed by atoms with Gasteiger partial charge in [0.05, 0.1) is 12.2 Å². The molecule has 0 saturated carbocycles. The zero-order valence-electron chi connectivity index (χ0n) is 12.4. The Balaban J connectivity index is 2.01. The second-order valence-electron chi connectivity index (χ2n) is 5.03. The molecule has 0 aromatic heterocycles. The van der Waals surface area contributed by atoms with Crippen LogP contribution in [-0.2, 0) is 9.78 Å². The predicted octanol–water partition coefficient (Wildman–Crippen LogP) is 4.65. The molecule has 0 aliphatic heterocycles. The summed E-state index contributed by atoms with van der Waals surface area (Å²) in [6.07, 6.45) is 7.98. The van der Waals surface area contributed by atoms with Gasteiger partial charge in [0, 0.05) is 0 Å². The number of unbranched alkanes of at least 4 members (excludes halogenated alkanes) is 6. The van der Waals surface area contributed by atoms with Crippen molar-refractivity contribution in [3.63, 3.8) is 0 Å². The second-order valence-corrected chi connectivity index (χ2v) is 5.03. The Morgan fingerprint density at radius 2 is 1.60 bits per heavy atom. The van der Waals surface area contributed by atoms with E-state index < -0.39 is 5.97 Å². The molecular formula is C17H25O3. The number of carbonyl (C=O) groups is 1. The highest BCUT2D eigenvalue weighted by atomic mass is 17.2. The van der Waals surface area contributed by atoms with Gasteiger partial charge in [0.2, 0.25) is 0 Å². The molecule has 1 aromatic rings. The lowest BCUT2D eigenvalue weighted by atomic mass is 10.1. The maximum absolute atomic E-state index is 11.6. The Morgan fingerprint density at radius 1 is 1.00 bits per heavy atom. The number of rotatable bonds is 10. The maximum atomic E-state index is 11.6. The molecule has 3 heteroatoms. The quantitative estimate of drug-likeness (QED) is 0.355. The molecule has 0 aliphatic carbocycles. The molecule has 1 radical (unpaired) electrons. The number of benzene rings is 1. The van der Waals surface area contributed by atoms with Gasteiger partial charge in [-0.25, -0.2) is 4.79 Å². The molecule has 0 atom stereocenters. The molecule has 0 spiro atoms. The molecular weight excluding hydrogens is 252 g/mol. The topological polar surface area (TPSA) is 35.5 Å². The monoisotopic (exact) mass is 277 g/mol. The summed E-state index contributed by atoms with van der Waals surface area (Å²) >= 11 is 0. The van der Waals surface area contributed by atoms with E-state index in [-0.39, 0.29) is 0 Å². The van der Waals surface area contributed by atoms with Gasteiger partial charge < -0.3 is 0 Å². The van der Waals surface area contributed by atoms with Crippen LogP contribution in [0.1, 0.15) is 60.9 Å². The van der Waals surface area contributed by atoms with Crippen molar-refractivity contribution in [2.24, 2.45) is 0 Å². The normalized spacial score (nSPS) is 10.5. The van der Waals surface area contributed by atoms with Crippen molar-refractivity contribution in [3.8, 4) is 0 Å². The maximum Gasteiger partial charge on any atom is 0.373 e. The van der Waals surface area contributed by atoms with Crippen LogP contribution >= 0.6 is 0 Å². The lowest BCUT2D eigenvalue weighted by Crippen LogP contribution is -2.07. The Kier molecular flexibility index (Phi) is 8.72. The average Bonchev–Trinajstić information content (AvgIpc) is 2.46. The molecule has 0 aliphatic rings. The predicted molar refractivity (Wildman–Crippen MR) is 80.2 cm³/mol. The molecule has 0 fully saturated rings. The molecule has 0 heterocycles. The van der Waals surface area contributed by atoms with Crippen molar-refractivity contribution >= 4 is 5.97 Å². The van der Waals surface area contributed by atoms with Gasteiger partial charge in [-0.3, -0.25) is 4.89 Å². The molecule has 3 nitrogen and oxygen atoms in total. The van der Waals surface area contributed by atoms with Crippen molar-refractivity contribution in [2.45, 2.75) is 51.9 Å². The van der Waals surface area contributed by atoms with Crippen LogP contribution < -0.4 is 0 Å². The third-order valence-corrected chi connectivity index (χ3v) is 3.15. The van der Waals surface area contributed by atoms with Crippen LogP contribution in [0.5, 0.6) is 0 Å². The van der Waals surface area contributed by atoms with E-state index in [9.17, 15) is 4.79 Å². The highest BCUT2D eigenvalue weighted by Crippen LogP contribution is 2.08. The number of aryl methyl sites for hydroxylation is 1. The first-order valence-corrected chi connectivity index (χ1v) is 7.43. The molecule has 111 valence electrons. The zero-order valence-corrected chi connectivity index (χ0v) is 12.4. The fraction of sp³-hybridized carbons (Fsp3) is 0.529. The van der Waals surface area contributed by atoms with E-state index in [1.165, 1.54) is 25.7 Å². The van der Waals surface area contributed by atoms with Crippen LogP contribution in [0.15, 0.2) is 24.3 Å². The summed E-state index contributed by atoms with van der Waals surface area (Å²) < 4.78 is 0. The summed E-state index contributed by atoms with van der Waals surface area (Å²) in [6, 6.07) is 7.23. The van der Waals surface area contributed by atoms with Gasteiger partial charge in [-0.15, -0.1) is 0 Å². The summed E-state index contributed by atoms with van der Waals surface area (Å²) in [5, 5.41) is 0. The minimum Gasteiger partial charge on any atom is -0.293 e. The van der Waals surface area contributed by atoms with Gasteiger partial charge in [-0.1, -0.05) is 63.1 Å². The van der Waals surface area contributed by atoms with E-state index in [1.54, 1.807) is 12.1 Å². The average molecular weight is 277 g/mol. The molecule has 0 bridgehead atoms. The van der Waals surface area contributed by atoms with Crippen molar-refractivity contribution in [1.82, 2.24) is 0 Å².